The van der Waals surface area contributed by atoms with Crippen LogP contribution in [0.1, 0.15) is 25.6 Å². The van der Waals surface area contributed by atoms with Gasteiger partial charge >= 0.3 is 0 Å². The number of amides is 1. The predicted molar refractivity (Wildman–Crippen MR) is 132 cm³/mol. The summed E-state index contributed by atoms with van der Waals surface area (Å²) in [5, 5.41) is 10.8. The molecule has 0 radical (unpaired) electrons. The predicted octanol–water partition coefficient (Wildman–Crippen LogP) is 3.88. The van der Waals surface area contributed by atoms with Gasteiger partial charge in [0.25, 0.3) is 5.91 Å². The topological polar surface area (TPSA) is 157 Å². The molecule has 0 saturated heterocycles. The zero-order valence-electron chi connectivity index (χ0n) is 18.2. The summed E-state index contributed by atoms with van der Waals surface area (Å²) in [6.45, 7) is 0. The number of sulfonamides is 1. The Balaban J connectivity index is 1.45. The number of carbonyl (C=O) groups is 2. The largest absolute Gasteiger partial charge is 0.382 e. The van der Waals surface area contributed by atoms with Crippen LogP contribution in [0.2, 0.25) is 0 Å². The summed E-state index contributed by atoms with van der Waals surface area (Å²) in [6.07, 6.45) is 0. The average Bonchev–Trinajstić information content (AvgIpc) is 3.19. The standard InChI is InChI=1S/C23H17F2N5O4S2/c24-16-2-1-3-17(25)18(16)19(31)20-21(26)30-23(35-20)29-14-6-4-12(5-7-14)22(32)28-13-8-10-15(11-9-13)36(27,33)34/h1-11H,26H2,(H,28,32)(H,29,30)(H2,27,33,34). The van der Waals surface area contributed by atoms with Crippen molar-refractivity contribution >= 4 is 55.4 Å². The molecule has 4 aromatic rings. The van der Waals surface area contributed by atoms with Crippen molar-refractivity contribution in [3.05, 3.63) is 94.4 Å². The number of carbonyl (C=O) groups excluding carboxylic acids is 2. The Morgan fingerprint density at radius 2 is 1.47 bits per heavy atom. The summed E-state index contributed by atoms with van der Waals surface area (Å²) in [4.78, 5) is 28.9. The molecule has 6 N–H and O–H groups in total. The fraction of sp³-hybridized carbons (Fsp3) is 0. The van der Waals surface area contributed by atoms with Gasteiger partial charge in [0.05, 0.1) is 10.5 Å². The fourth-order valence-corrected chi connectivity index (χ4v) is 4.50. The summed E-state index contributed by atoms with van der Waals surface area (Å²) >= 11 is 0.829. The molecule has 0 unspecified atom stereocenters. The number of anilines is 4. The Hall–Kier alpha value is -4.20. The van der Waals surface area contributed by atoms with Gasteiger partial charge in [-0.3, -0.25) is 9.59 Å². The van der Waals surface area contributed by atoms with Gasteiger partial charge in [-0.25, -0.2) is 27.3 Å². The van der Waals surface area contributed by atoms with Gasteiger partial charge in [-0.2, -0.15) is 0 Å². The summed E-state index contributed by atoms with van der Waals surface area (Å²) in [7, 11) is -3.84. The molecule has 0 atom stereocenters. The van der Waals surface area contributed by atoms with Crippen molar-refractivity contribution in [2.24, 2.45) is 5.14 Å². The van der Waals surface area contributed by atoms with Gasteiger partial charge in [-0.15, -0.1) is 0 Å². The Kier molecular flexibility index (Phi) is 6.79. The van der Waals surface area contributed by atoms with Crippen molar-refractivity contribution in [1.82, 2.24) is 4.98 Å². The van der Waals surface area contributed by atoms with Gasteiger partial charge in [0.1, 0.15) is 22.3 Å². The van der Waals surface area contributed by atoms with E-state index in [0.29, 0.717) is 16.9 Å². The van der Waals surface area contributed by atoms with Gasteiger partial charge in [0.2, 0.25) is 15.8 Å². The second-order valence-electron chi connectivity index (χ2n) is 7.39. The Morgan fingerprint density at radius 3 is 2.06 bits per heavy atom. The first-order valence-electron chi connectivity index (χ1n) is 10.1. The number of hydrogen-bond acceptors (Lipinski definition) is 8. The molecule has 4 rings (SSSR count). The molecule has 1 heterocycles. The van der Waals surface area contributed by atoms with E-state index in [0.717, 1.165) is 29.5 Å². The SMILES string of the molecule is Nc1nc(Nc2ccc(C(=O)Nc3ccc(S(N)(=O)=O)cc3)cc2)sc1C(=O)c1c(F)cccc1F. The molecule has 184 valence electrons. The molecule has 3 aromatic carbocycles. The van der Waals surface area contributed by atoms with Crippen LogP contribution in [0.15, 0.2) is 71.6 Å². The number of nitrogens with zero attached hydrogens (tertiary/aromatic N) is 1. The normalized spacial score (nSPS) is 11.2. The van der Waals surface area contributed by atoms with Crippen molar-refractivity contribution in [3.63, 3.8) is 0 Å². The molecule has 0 saturated carbocycles. The van der Waals surface area contributed by atoms with Crippen molar-refractivity contribution in [2.45, 2.75) is 4.90 Å². The second kappa shape index (κ2) is 9.81. The zero-order valence-corrected chi connectivity index (χ0v) is 19.8. The third kappa shape index (κ3) is 5.38. The van der Waals surface area contributed by atoms with Crippen LogP contribution in [0.4, 0.5) is 31.1 Å². The van der Waals surface area contributed by atoms with E-state index in [-0.39, 0.29) is 20.7 Å². The highest BCUT2D eigenvalue weighted by atomic mass is 32.2. The maximum atomic E-state index is 14.0. The van der Waals surface area contributed by atoms with E-state index in [4.69, 9.17) is 10.9 Å². The number of nitrogens with two attached hydrogens (primary N) is 2. The molecule has 36 heavy (non-hydrogen) atoms. The number of hydrogen-bond donors (Lipinski definition) is 4. The Bertz CT molecular complexity index is 1550. The van der Waals surface area contributed by atoms with Crippen LogP contribution >= 0.6 is 11.3 Å². The number of ketones is 1. The van der Waals surface area contributed by atoms with Crippen LogP contribution in [0.3, 0.4) is 0 Å². The number of nitrogens with one attached hydrogen (secondary N) is 2. The molecule has 0 aliphatic heterocycles. The van der Waals surface area contributed by atoms with Crippen LogP contribution in [0.25, 0.3) is 0 Å². The fourth-order valence-electron chi connectivity index (χ4n) is 3.14. The first-order valence-corrected chi connectivity index (χ1v) is 12.5. The third-order valence-corrected chi connectivity index (χ3v) is 6.80. The van der Waals surface area contributed by atoms with E-state index in [1.807, 2.05) is 0 Å². The highest BCUT2D eigenvalue weighted by Gasteiger charge is 2.24. The molecule has 0 bridgehead atoms. The smallest absolute Gasteiger partial charge is 0.255 e. The third-order valence-electron chi connectivity index (χ3n) is 4.89. The quantitative estimate of drug-likeness (QED) is 0.265. The monoisotopic (exact) mass is 529 g/mol. The van der Waals surface area contributed by atoms with Gasteiger partial charge in [-0.05, 0) is 60.7 Å². The molecule has 0 aliphatic rings. The molecular weight excluding hydrogens is 512 g/mol. The second-order valence-corrected chi connectivity index (χ2v) is 9.95. The Labute approximate surface area is 207 Å². The van der Waals surface area contributed by atoms with E-state index >= 15 is 0 Å². The number of thiazole rings is 1. The minimum Gasteiger partial charge on any atom is -0.382 e. The molecule has 0 fully saturated rings. The van der Waals surface area contributed by atoms with Crippen molar-refractivity contribution < 1.29 is 26.8 Å². The Morgan fingerprint density at radius 1 is 0.889 bits per heavy atom. The minimum absolute atomic E-state index is 0.0809. The van der Waals surface area contributed by atoms with Crippen molar-refractivity contribution in [3.8, 4) is 0 Å². The summed E-state index contributed by atoms with van der Waals surface area (Å²) < 4.78 is 50.6. The van der Waals surface area contributed by atoms with Gasteiger partial charge in [0, 0.05) is 16.9 Å². The molecule has 13 heteroatoms. The summed E-state index contributed by atoms with van der Waals surface area (Å²) in [6, 6.07) is 14.7. The molecule has 9 nitrogen and oxygen atoms in total. The number of halogens is 2. The maximum Gasteiger partial charge on any atom is 0.255 e. The van der Waals surface area contributed by atoms with Gasteiger partial charge in [0.15, 0.2) is 5.13 Å². The van der Waals surface area contributed by atoms with Crippen LogP contribution in [0, 0.1) is 11.6 Å². The van der Waals surface area contributed by atoms with Crippen LogP contribution in [0.5, 0.6) is 0 Å². The molecule has 0 aliphatic carbocycles. The molecule has 1 aromatic heterocycles. The van der Waals surface area contributed by atoms with Gasteiger partial charge < -0.3 is 16.4 Å². The van der Waals surface area contributed by atoms with Crippen LogP contribution in [-0.4, -0.2) is 25.1 Å². The number of nitrogen functional groups attached to an aromatic ring is 1. The van der Waals surface area contributed by atoms with E-state index in [1.165, 1.54) is 36.4 Å². The lowest BCUT2D eigenvalue weighted by molar-refractivity contribution is 0.102. The minimum atomic E-state index is -3.84. The number of rotatable bonds is 7. The van der Waals surface area contributed by atoms with E-state index in [1.54, 1.807) is 12.1 Å². The van der Waals surface area contributed by atoms with Gasteiger partial charge in [-0.1, -0.05) is 17.4 Å². The maximum absolute atomic E-state index is 14.0. The summed E-state index contributed by atoms with van der Waals surface area (Å²) in [5.74, 6) is -3.55. The van der Waals surface area contributed by atoms with Crippen LogP contribution < -0.4 is 21.5 Å². The van der Waals surface area contributed by atoms with Crippen molar-refractivity contribution in [1.29, 1.82) is 0 Å². The number of benzene rings is 3. The first-order chi connectivity index (χ1) is 17.0. The molecular formula is C23H17F2N5O4S2. The lowest BCUT2D eigenvalue weighted by Crippen LogP contribution is -2.13. The number of aromatic nitrogens is 1. The summed E-state index contributed by atoms with van der Waals surface area (Å²) in [5.41, 5.74) is 6.28. The molecule has 0 spiro atoms. The lowest BCUT2D eigenvalue weighted by atomic mass is 10.1. The molecule has 1 amide bonds. The first kappa shape index (κ1) is 24.9. The highest BCUT2D eigenvalue weighted by molar-refractivity contribution is 7.89. The van der Waals surface area contributed by atoms with E-state index in [2.05, 4.69) is 15.6 Å². The zero-order chi connectivity index (χ0) is 26.0. The lowest BCUT2D eigenvalue weighted by Gasteiger charge is -2.07. The van der Waals surface area contributed by atoms with E-state index < -0.39 is 38.9 Å². The van der Waals surface area contributed by atoms with E-state index in [9.17, 15) is 26.8 Å². The van der Waals surface area contributed by atoms with Crippen molar-refractivity contribution in [2.75, 3.05) is 16.4 Å². The van der Waals surface area contributed by atoms with Crippen LogP contribution in [-0.2, 0) is 10.0 Å². The number of primary sulfonamides is 1. The average molecular weight is 530 g/mol. The highest BCUT2D eigenvalue weighted by Crippen LogP contribution is 2.31.